The van der Waals surface area contributed by atoms with Crippen LogP contribution in [0.1, 0.15) is 32.3 Å². The maximum absolute atomic E-state index is 12.2. The molecule has 1 amide bonds. The molecule has 3 heterocycles. The van der Waals surface area contributed by atoms with Crippen LogP contribution in [0.15, 0.2) is 42.2 Å². The number of imidazole rings is 1. The quantitative estimate of drug-likeness (QED) is 0.503. The van der Waals surface area contributed by atoms with Gasteiger partial charge in [-0.15, -0.1) is 0 Å². The minimum atomic E-state index is -0.304. The topological polar surface area (TPSA) is 120 Å². The molecule has 0 bridgehead atoms. The van der Waals surface area contributed by atoms with E-state index in [1.54, 1.807) is 24.9 Å². The summed E-state index contributed by atoms with van der Waals surface area (Å²) in [7, 11) is 1.72. The van der Waals surface area contributed by atoms with E-state index in [9.17, 15) is 9.59 Å². The van der Waals surface area contributed by atoms with Crippen LogP contribution in [0.5, 0.6) is 0 Å². The molecule has 1 aromatic carbocycles. The zero-order valence-electron chi connectivity index (χ0n) is 18.8. The Bertz CT molecular complexity index is 1200. The molecule has 0 saturated heterocycles. The van der Waals surface area contributed by atoms with E-state index in [-0.39, 0.29) is 37.0 Å². The van der Waals surface area contributed by atoms with Crippen LogP contribution in [0.3, 0.4) is 0 Å². The van der Waals surface area contributed by atoms with Crippen molar-refractivity contribution in [3.63, 3.8) is 0 Å². The number of anilines is 2. The largest absolute Gasteiger partial charge is 0.471 e. The molecule has 3 aromatic rings. The first-order valence-electron chi connectivity index (χ1n) is 10.8. The third kappa shape index (κ3) is 4.94. The van der Waals surface area contributed by atoms with Crippen LogP contribution in [0, 0.1) is 0 Å². The maximum Gasteiger partial charge on any atom is 0.310 e. The molecule has 33 heavy (non-hydrogen) atoms. The van der Waals surface area contributed by atoms with E-state index < -0.39 is 0 Å². The van der Waals surface area contributed by atoms with Gasteiger partial charge in [-0.3, -0.25) is 19.5 Å². The Morgan fingerprint density at radius 1 is 1.24 bits per heavy atom. The van der Waals surface area contributed by atoms with Gasteiger partial charge in [0.05, 0.1) is 6.42 Å². The Hall–Kier alpha value is -3.95. The molecule has 10 heteroatoms. The zero-order valence-corrected chi connectivity index (χ0v) is 18.8. The van der Waals surface area contributed by atoms with Crippen LogP contribution in [-0.2, 0) is 25.5 Å². The molecule has 2 N–H and O–H groups in total. The van der Waals surface area contributed by atoms with Crippen LogP contribution in [0.2, 0.25) is 0 Å². The fourth-order valence-electron chi connectivity index (χ4n) is 3.58. The predicted molar refractivity (Wildman–Crippen MR) is 123 cm³/mol. The number of esters is 1. The van der Waals surface area contributed by atoms with Crippen molar-refractivity contribution in [2.75, 3.05) is 24.3 Å². The molecule has 0 aliphatic carbocycles. The summed E-state index contributed by atoms with van der Waals surface area (Å²) in [5.74, 6) is 0.769. The highest BCUT2D eigenvalue weighted by molar-refractivity contribution is 5.92. The number of nitrogens with one attached hydrogen (secondary N) is 2. The Labute approximate surface area is 191 Å². The monoisotopic (exact) mass is 450 g/mol. The molecule has 1 atom stereocenters. The molecule has 1 aliphatic rings. The number of aromatic nitrogens is 4. The molecule has 0 radical (unpaired) electrons. The van der Waals surface area contributed by atoms with E-state index in [0.717, 1.165) is 11.1 Å². The molecular formula is C23H26N6O4. The Morgan fingerprint density at radius 2 is 2.03 bits per heavy atom. The normalized spacial score (nSPS) is 15.4. The molecule has 172 valence electrons. The van der Waals surface area contributed by atoms with Gasteiger partial charge in [-0.1, -0.05) is 37.3 Å². The SMILES string of the molecule is CCC(=O)Nc1nc(NC)c2ncn(C3=C(C)CC(COC(=O)Cc4ccccc4)O3)c2n1. The van der Waals surface area contributed by atoms with Crippen molar-refractivity contribution in [1.29, 1.82) is 0 Å². The first-order valence-corrected chi connectivity index (χ1v) is 10.8. The highest BCUT2D eigenvalue weighted by atomic mass is 16.6. The van der Waals surface area contributed by atoms with Gasteiger partial charge in [0, 0.05) is 19.9 Å². The molecule has 0 saturated carbocycles. The Morgan fingerprint density at radius 3 is 2.76 bits per heavy atom. The van der Waals surface area contributed by atoms with Gasteiger partial charge in [-0.25, -0.2) is 4.98 Å². The minimum absolute atomic E-state index is 0.147. The van der Waals surface area contributed by atoms with E-state index in [0.29, 0.717) is 35.7 Å². The van der Waals surface area contributed by atoms with Gasteiger partial charge < -0.3 is 14.8 Å². The summed E-state index contributed by atoms with van der Waals surface area (Å²) in [6.07, 6.45) is 2.44. The molecule has 1 aliphatic heterocycles. The summed E-state index contributed by atoms with van der Waals surface area (Å²) in [5, 5.41) is 5.67. The molecule has 4 rings (SSSR count). The van der Waals surface area contributed by atoms with Crippen LogP contribution >= 0.6 is 0 Å². The molecule has 0 spiro atoms. The van der Waals surface area contributed by atoms with Crippen LogP contribution in [0.4, 0.5) is 11.8 Å². The maximum atomic E-state index is 12.2. The second-order valence-corrected chi connectivity index (χ2v) is 7.71. The summed E-state index contributed by atoms with van der Waals surface area (Å²) in [6.45, 7) is 3.85. The fourth-order valence-corrected chi connectivity index (χ4v) is 3.58. The highest BCUT2D eigenvalue weighted by Gasteiger charge is 2.28. The summed E-state index contributed by atoms with van der Waals surface area (Å²) in [5.41, 5.74) is 2.92. The molecule has 0 fully saturated rings. The van der Waals surface area contributed by atoms with E-state index >= 15 is 0 Å². The van der Waals surface area contributed by atoms with Crippen LogP contribution in [-0.4, -0.2) is 51.2 Å². The lowest BCUT2D eigenvalue weighted by atomic mass is 10.1. The summed E-state index contributed by atoms with van der Waals surface area (Å²) in [4.78, 5) is 37.2. The van der Waals surface area contributed by atoms with Crippen molar-refractivity contribution < 1.29 is 19.1 Å². The van der Waals surface area contributed by atoms with Gasteiger partial charge in [-0.05, 0) is 18.1 Å². The summed E-state index contributed by atoms with van der Waals surface area (Å²) in [6, 6.07) is 9.46. The molecule has 10 nitrogen and oxygen atoms in total. The standard InChI is InChI=1S/C23H26N6O4/c1-4-17(30)26-23-27-20(24-3)19-21(28-23)29(13-25-19)22-14(2)10-16(33-22)12-32-18(31)11-15-8-6-5-7-9-15/h5-9,13,16H,4,10-12H2,1-3H3,(H2,24,26,27,28,30). The average Bonchev–Trinajstić information content (AvgIpc) is 3.40. The van der Waals surface area contributed by atoms with Crippen LogP contribution in [0.25, 0.3) is 17.0 Å². The number of hydrogen-bond donors (Lipinski definition) is 2. The van der Waals surface area contributed by atoms with Crippen molar-refractivity contribution in [1.82, 2.24) is 19.5 Å². The first kappa shape index (κ1) is 22.3. The summed E-state index contributed by atoms with van der Waals surface area (Å²) < 4.78 is 13.3. The Kier molecular flexibility index (Phi) is 6.53. The van der Waals surface area contributed by atoms with Crippen molar-refractivity contribution in [3.05, 3.63) is 47.8 Å². The van der Waals surface area contributed by atoms with E-state index in [4.69, 9.17) is 9.47 Å². The number of carbonyl (C=O) groups is 2. The van der Waals surface area contributed by atoms with Crippen LogP contribution < -0.4 is 10.6 Å². The number of ether oxygens (including phenoxy) is 2. The van der Waals surface area contributed by atoms with E-state index in [1.165, 1.54) is 0 Å². The van der Waals surface area contributed by atoms with Gasteiger partial charge in [-0.2, -0.15) is 9.97 Å². The third-order valence-corrected chi connectivity index (χ3v) is 5.22. The van der Waals surface area contributed by atoms with Gasteiger partial charge in [0.15, 0.2) is 22.9 Å². The lowest BCUT2D eigenvalue weighted by molar-refractivity contribution is -0.145. The second kappa shape index (κ2) is 9.68. The first-order chi connectivity index (χ1) is 16.0. The van der Waals surface area contributed by atoms with Crippen molar-refractivity contribution >= 4 is 40.7 Å². The number of amides is 1. The van der Waals surface area contributed by atoms with Gasteiger partial charge >= 0.3 is 5.97 Å². The van der Waals surface area contributed by atoms with Crippen molar-refractivity contribution in [2.24, 2.45) is 0 Å². The number of fused-ring (bicyclic) bond motifs is 1. The van der Waals surface area contributed by atoms with E-state index in [2.05, 4.69) is 25.6 Å². The van der Waals surface area contributed by atoms with Gasteiger partial charge in [0.25, 0.3) is 0 Å². The van der Waals surface area contributed by atoms with Crippen molar-refractivity contribution in [3.8, 4) is 0 Å². The lowest BCUT2D eigenvalue weighted by Gasteiger charge is -2.14. The molecule has 2 aromatic heterocycles. The molecular weight excluding hydrogens is 424 g/mol. The van der Waals surface area contributed by atoms with Gasteiger partial charge in [0.1, 0.15) is 19.0 Å². The number of carbonyl (C=O) groups excluding carboxylic acids is 2. The number of hydrogen-bond acceptors (Lipinski definition) is 8. The van der Waals surface area contributed by atoms with Crippen molar-refractivity contribution in [2.45, 2.75) is 39.2 Å². The second-order valence-electron chi connectivity index (χ2n) is 7.71. The predicted octanol–water partition coefficient (Wildman–Crippen LogP) is 2.98. The lowest BCUT2D eigenvalue weighted by Crippen LogP contribution is -2.20. The van der Waals surface area contributed by atoms with E-state index in [1.807, 2.05) is 37.3 Å². The minimum Gasteiger partial charge on any atom is -0.471 e. The number of benzene rings is 1. The van der Waals surface area contributed by atoms with Gasteiger partial charge in [0.2, 0.25) is 11.9 Å². The average molecular weight is 450 g/mol. The third-order valence-electron chi connectivity index (χ3n) is 5.22. The number of nitrogens with zero attached hydrogens (tertiary/aromatic N) is 4. The smallest absolute Gasteiger partial charge is 0.310 e. The number of rotatable bonds is 8. The zero-order chi connectivity index (χ0) is 23.4. The summed E-state index contributed by atoms with van der Waals surface area (Å²) >= 11 is 0. The fraction of sp³-hybridized carbons (Fsp3) is 0.348. The Balaban J connectivity index is 1.48. The highest BCUT2D eigenvalue weighted by Crippen LogP contribution is 2.32. The molecule has 1 unspecified atom stereocenters.